The van der Waals surface area contributed by atoms with Gasteiger partial charge in [0.1, 0.15) is 12.4 Å². The van der Waals surface area contributed by atoms with Gasteiger partial charge >= 0.3 is 0 Å². The largest absolute Gasteiger partial charge is 0.492 e. The Kier molecular flexibility index (Phi) is 5.71. The van der Waals surface area contributed by atoms with Crippen molar-refractivity contribution in [1.82, 2.24) is 9.88 Å². The molecule has 3 nitrogen and oxygen atoms in total. The summed E-state index contributed by atoms with van der Waals surface area (Å²) in [5, 5.41) is 0.734. The lowest BCUT2D eigenvalue weighted by molar-refractivity contribution is 0.238. The number of hydrogen-bond donors (Lipinski definition) is 0. The monoisotopic (exact) mass is 378 g/mol. The van der Waals surface area contributed by atoms with Crippen LogP contribution in [0.4, 0.5) is 0 Å². The van der Waals surface area contributed by atoms with Crippen LogP contribution in [0.3, 0.4) is 0 Å². The van der Waals surface area contributed by atoms with Crippen molar-refractivity contribution in [1.29, 1.82) is 0 Å². The number of likely N-dealkylation sites (tertiary alicyclic amines) is 1. The van der Waals surface area contributed by atoms with Crippen LogP contribution in [0.2, 0.25) is 5.02 Å². The van der Waals surface area contributed by atoms with Crippen molar-refractivity contribution >= 4 is 11.6 Å². The van der Waals surface area contributed by atoms with Crippen LogP contribution in [0.15, 0.2) is 66.9 Å². The molecule has 0 radical (unpaired) electrons. The Morgan fingerprint density at radius 2 is 1.48 bits per heavy atom. The average Bonchev–Trinajstić information content (AvgIpc) is 3.23. The number of benzene rings is 2. The van der Waals surface area contributed by atoms with E-state index in [0.29, 0.717) is 0 Å². The zero-order chi connectivity index (χ0) is 18.5. The molecule has 4 rings (SSSR count). The van der Waals surface area contributed by atoms with Gasteiger partial charge in [0.15, 0.2) is 0 Å². The van der Waals surface area contributed by atoms with E-state index in [0.717, 1.165) is 46.3 Å². The topological polar surface area (TPSA) is 25.4 Å². The highest BCUT2D eigenvalue weighted by molar-refractivity contribution is 6.30. The maximum atomic E-state index is 5.95. The molecule has 0 bridgehead atoms. The number of aromatic nitrogens is 1. The van der Waals surface area contributed by atoms with E-state index in [1.54, 1.807) is 0 Å². The number of halogens is 1. The van der Waals surface area contributed by atoms with Crippen molar-refractivity contribution < 1.29 is 4.74 Å². The van der Waals surface area contributed by atoms with Crippen molar-refractivity contribution in [3.63, 3.8) is 0 Å². The van der Waals surface area contributed by atoms with Gasteiger partial charge in [-0.25, -0.2) is 0 Å². The lowest BCUT2D eigenvalue weighted by Gasteiger charge is -2.15. The maximum absolute atomic E-state index is 5.95. The number of hydrogen-bond acceptors (Lipinski definition) is 3. The molecule has 0 saturated carbocycles. The number of rotatable bonds is 6. The molecule has 0 atom stereocenters. The van der Waals surface area contributed by atoms with Crippen LogP contribution >= 0.6 is 11.6 Å². The Hall–Kier alpha value is -2.36. The van der Waals surface area contributed by atoms with Gasteiger partial charge in [-0.05, 0) is 61.8 Å². The molecule has 1 aliphatic heterocycles. The first kappa shape index (κ1) is 18.0. The van der Waals surface area contributed by atoms with Gasteiger partial charge in [0.2, 0.25) is 0 Å². The van der Waals surface area contributed by atoms with E-state index < -0.39 is 0 Å². The number of pyridine rings is 1. The second-order valence-electron chi connectivity index (χ2n) is 6.86. The minimum absolute atomic E-state index is 0.734. The van der Waals surface area contributed by atoms with Gasteiger partial charge in [0.25, 0.3) is 0 Å². The van der Waals surface area contributed by atoms with Gasteiger partial charge in [-0.1, -0.05) is 41.9 Å². The summed E-state index contributed by atoms with van der Waals surface area (Å²) in [6.07, 6.45) is 4.55. The third-order valence-corrected chi connectivity index (χ3v) is 5.22. The summed E-state index contributed by atoms with van der Waals surface area (Å²) in [7, 11) is 0. The molecule has 0 aliphatic carbocycles. The van der Waals surface area contributed by atoms with Gasteiger partial charge in [0, 0.05) is 28.9 Å². The van der Waals surface area contributed by atoms with E-state index >= 15 is 0 Å². The van der Waals surface area contributed by atoms with Gasteiger partial charge in [-0.15, -0.1) is 0 Å². The molecule has 27 heavy (non-hydrogen) atoms. The molecule has 138 valence electrons. The highest BCUT2D eigenvalue weighted by Gasteiger charge is 2.10. The van der Waals surface area contributed by atoms with Crippen molar-refractivity contribution in [3.05, 3.63) is 71.9 Å². The molecule has 0 amide bonds. The van der Waals surface area contributed by atoms with Crippen LogP contribution < -0.4 is 4.74 Å². The normalized spacial score (nSPS) is 14.4. The molecule has 2 heterocycles. The molecule has 0 unspecified atom stereocenters. The lowest BCUT2D eigenvalue weighted by atomic mass is 10.1. The lowest BCUT2D eigenvalue weighted by Crippen LogP contribution is -2.25. The number of nitrogens with zero attached hydrogens (tertiary/aromatic N) is 2. The van der Waals surface area contributed by atoms with Crippen LogP contribution in [0.25, 0.3) is 22.4 Å². The van der Waals surface area contributed by atoms with E-state index in [2.05, 4.69) is 28.1 Å². The Morgan fingerprint density at radius 1 is 0.815 bits per heavy atom. The molecule has 1 fully saturated rings. The third kappa shape index (κ3) is 4.68. The smallest absolute Gasteiger partial charge is 0.119 e. The van der Waals surface area contributed by atoms with Crippen LogP contribution in [-0.2, 0) is 0 Å². The first-order valence-corrected chi connectivity index (χ1v) is 9.83. The summed E-state index contributed by atoms with van der Waals surface area (Å²) in [6, 6.07) is 20.1. The van der Waals surface area contributed by atoms with Crippen molar-refractivity contribution in [2.45, 2.75) is 12.8 Å². The SMILES string of the molecule is Clc1ccc(-c2ccc(-c3ccc(OCCN4CCCC4)cc3)cn2)cc1. The summed E-state index contributed by atoms with van der Waals surface area (Å²) in [5.74, 6) is 0.920. The van der Waals surface area contributed by atoms with Crippen LogP contribution in [-0.4, -0.2) is 36.1 Å². The zero-order valence-corrected chi connectivity index (χ0v) is 16.0. The fourth-order valence-electron chi connectivity index (χ4n) is 3.40. The number of ether oxygens (including phenoxy) is 1. The molecule has 3 aromatic rings. The molecule has 4 heteroatoms. The molecule has 1 aromatic heterocycles. The van der Waals surface area contributed by atoms with Crippen LogP contribution in [0.5, 0.6) is 5.75 Å². The van der Waals surface area contributed by atoms with E-state index in [1.165, 1.54) is 25.9 Å². The standard InChI is InChI=1S/C23H23ClN2O/c24-21-8-3-19(4-9-21)23-12-7-20(17-25-23)18-5-10-22(11-6-18)27-16-15-26-13-1-2-14-26/h3-12,17H,1-2,13-16H2. The Balaban J connectivity index is 1.37. The fourth-order valence-corrected chi connectivity index (χ4v) is 3.52. The third-order valence-electron chi connectivity index (χ3n) is 4.97. The molecular weight excluding hydrogens is 356 g/mol. The van der Waals surface area contributed by atoms with Gasteiger partial charge in [-0.2, -0.15) is 0 Å². The zero-order valence-electron chi connectivity index (χ0n) is 15.3. The molecule has 0 spiro atoms. The highest BCUT2D eigenvalue weighted by atomic mass is 35.5. The van der Waals surface area contributed by atoms with Crippen LogP contribution in [0, 0.1) is 0 Å². The predicted molar refractivity (Wildman–Crippen MR) is 111 cm³/mol. The van der Waals surface area contributed by atoms with Crippen molar-refractivity contribution in [2.24, 2.45) is 0 Å². The summed E-state index contributed by atoms with van der Waals surface area (Å²) in [4.78, 5) is 7.05. The average molecular weight is 379 g/mol. The Bertz CT molecular complexity index is 854. The summed E-state index contributed by atoms with van der Waals surface area (Å²) < 4.78 is 5.88. The predicted octanol–water partition coefficient (Wildman–Crippen LogP) is 5.54. The van der Waals surface area contributed by atoms with Gasteiger partial charge < -0.3 is 4.74 Å². The first-order chi connectivity index (χ1) is 13.3. The minimum atomic E-state index is 0.734. The Labute approximate surface area is 165 Å². The second kappa shape index (κ2) is 8.55. The second-order valence-corrected chi connectivity index (χ2v) is 7.30. The summed E-state index contributed by atoms with van der Waals surface area (Å²) in [6.45, 7) is 4.18. The molecule has 1 saturated heterocycles. The molecular formula is C23H23ClN2O. The molecule has 2 aromatic carbocycles. The quantitative estimate of drug-likeness (QED) is 0.562. The summed E-state index contributed by atoms with van der Waals surface area (Å²) in [5.41, 5.74) is 4.23. The van der Waals surface area contributed by atoms with E-state index in [9.17, 15) is 0 Å². The van der Waals surface area contributed by atoms with E-state index in [1.807, 2.05) is 48.7 Å². The van der Waals surface area contributed by atoms with E-state index in [4.69, 9.17) is 16.3 Å². The fraction of sp³-hybridized carbons (Fsp3) is 0.261. The van der Waals surface area contributed by atoms with E-state index in [-0.39, 0.29) is 0 Å². The minimum Gasteiger partial charge on any atom is -0.492 e. The highest BCUT2D eigenvalue weighted by Crippen LogP contribution is 2.25. The van der Waals surface area contributed by atoms with Gasteiger partial charge in [-0.3, -0.25) is 9.88 Å². The van der Waals surface area contributed by atoms with Crippen molar-refractivity contribution in [3.8, 4) is 28.1 Å². The first-order valence-electron chi connectivity index (χ1n) is 9.45. The van der Waals surface area contributed by atoms with Gasteiger partial charge in [0.05, 0.1) is 5.69 Å². The van der Waals surface area contributed by atoms with Crippen molar-refractivity contribution in [2.75, 3.05) is 26.2 Å². The molecule has 0 N–H and O–H groups in total. The molecule has 1 aliphatic rings. The summed E-state index contributed by atoms with van der Waals surface area (Å²) >= 11 is 5.95. The Morgan fingerprint density at radius 3 is 2.15 bits per heavy atom. The maximum Gasteiger partial charge on any atom is 0.119 e. The van der Waals surface area contributed by atoms with Crippen LogP contribution in [0.1, 0.15) is 12.8 Å².